The van der Waals surface area contributed by atoms with Gasteiger partial charge in [-0.05, 0) is 23.9 Å². The van der Waals surface area contributed by atoms with Gasteiger partial charge in [0.1, 0.15) is 5.82 Å². The van der Waals surface area contributed by atoms with Crippen LogP contribution in [-0.4, -0.2) is 19.7 Å². The molecule has 7 nitrogen and oxygen atoms in total. The van der Waals surface area contributed by atoms with Gasteiger partial charge in [0.25, 0.3) is 5.69 Å². The van der Waals surface area contributed by atoms with E-state index in [1.54, 1.807) is 16.7 Å². The molecule has 8 heteroatoms. The fraction of sp³-hybridized carbons (Fsp3) is 0.250. The minimum atomic E-state index is -0.500. The van der Waals surface area contributed by atoms with Gasteiger partial charge in [0, 0.05) is 19.5 Å². The van der Waals surface area contributed by atoms with Gasteiger partial charge in [-0.1, -0.05) is 6.92 Å². The average molecular weight is 289 g/mol. The van der Waals surface area contributed by atoms with Crippen molar-refractivity contribution >= 4 is 17.4 Å². The summed E-state index contributed by atoms with van der Waals surface area (Å²) in [5, 5.41) is 28.5. The number of nitro groups is 1. The highest BCUT2D eigenvalue weighted by atomic mass is 32.2. The van der Waals surface area contributed by atoms with E-state index in [9.17, 15) is 10.1 Å². The monoisotopic (exact) mass is 289 g/mol. The van der Waals surface area contributed by atoms with Gasteiger partial charge in [0.15, 0.2) is 5.16 Å². The van der Waals surface area contributed by atoms with Gasteiger partial charge in [0.05, 0.1) is 21.5 Å². The van der Waals surface area contributed by atoms with Gasteiger partial charge in [-0.15, -0.1) is 10.2 Å². The molecule has 2 rings (SSSR count). The summed E-state index contributed by atoms with van der Waals surface area (Å²) in [7, 11) is 1.82. The molecule has 2 aromatic rings. The summed E-state index contributed by atoms with van der Waals surface area (Å²) in [4.78, 5) is 11.0. The van der Waals surface area contributed by atoms with E-state index in [0.29, 0.717) is 10.1 Å². The molecule has 0 unspecified atom stereocenters. The third-order valence-corrected chi connectivity index (χ3v) is 3.83. The largest absolute Gasteiger partial charge is 0.309 e. The predicted molar refractivity (Wildman–Crippen MR) is 72.3 cm³/mol. The quantitative estimate of drug-likeness (QED) is 0.632. The number of benzene rings is 1. The van der Waals surface area contributed by atoms with Crippen molar-refractivity contribution in [2.24, 2.45) is 7.05 Å². The Morgan fingerprint density at radius 3 is 2.80 bits per heavy atom. The van der Waals surface area contributed by atoms with Gasteiger partial charge < -0.3 is 4.57 Å². The van der Waals surface area contributed by atoms with Crippen LogP contribution in [-0.2, 0) is 13.5 Å². The van der Waals surface area contributed by atoms with Crippen molar-refractivity contribution in [2.75, 3.05) is 0 Å². The molecule has 0 radical (unpaired) electrons. The van der Waals surface area contributed by atoms with Crippen molar-refractivity contribution in [2.45, 2.75) is 23.4 Å². The number of nitriles is 1. The van der Waals surface area contributed by atoms with Crippen molar-refractivity contribution in [3.05, 3.63) is 39.7 Å². The van der Waals surface area contributed by atoms with Gasteiger partial charge in [-0.3, -0.25) is 10.1 Å². The number of hydrogen-bond donors (Lipinski definition) is 0. The molecule has 0 amide bonds. The lowest BCUT2D eigenvalue weighted by Gasteiger charge is -2.03. The Labute approximate surface area is 119 Å². The summed E-state index contributed by atoms with van der Waals surface area (Å²) in [6.07, 6.45) is 0.736. The lowest BCUT2D eigenvalue weighted by molar-refractivity contribution is -0.387. The Morgan fingerprint density at radius 2 is 2.25 bits per heavy atom. The van der Waals surface area contributed by atoms with Crippen LogP contribution in [0.5, 0.6) is 0 Å². The SMILES string of the molecule is CCc1nnc(Sc2ccc(C#N)cc2[N+](=O)[O-])n1C. The van der Waals surface area contributed by atoms with Crippen molar-refractivity contribution in [3.63, 3.8) is 0 Å². The molecule has 1 aromatic heterocycles. The summed E-state index contributed by atoms with van der Waals surface area (Å²) >= 11 is 1.16. The first-order valence-electron chi connectivity index (χ1n) is 5.81. The molecule has 1 heterocycles. The standard InChI is InChI=1S/C12H11N5O2S/c1-3-11-14-15-12(16(11)2)20-10-5-4-8(7-13)6-9(10)17(18)19/h4-6H,3H2,1-2H3. The van der Waals surface area contributed by atoms with Gasteiger partial charge in [-0.25, -0.2) is 0 Å². The summed E-state index contributed by atoms with van der Waals surface area (Å²) in [5.41, 5.74) is 0.156. The molecule has 0 fully saturated rings. The Morgan fingerprint density at radius 1 is 1.50 bits per heavy atom. The molecule has 0 atom stereocenters. The minimum Gasteiger partial charge on any atom is -0.309 e. The summed E-state index contributed by atoms with van der Waals surface area (Å²) in [5.74, 6) is 0.809. The maximum atomic E-state index is 11.1. The highest BCUT2D eigenvalue weighted by Gasteiger charge is 2.18. The molecule has 1 aromatic carbocycles. The van der Waals surface area contributed by atoms with E-state index < -0.39 is 4.92 Å². The molecule has 20 heavy (non-hydrogen) atoms. The third kappa shape index (κ3) is 2.62. The normalized spacial score (nSPS) is 10.2. The van der Waals surface area contributed by atoms with Gasteiger partial charge >= 0.3 is 0 Å². The number of nitro benzene ring substituents is 1. The molecule has 0 saturated heterocycles. The number of aryl methyl sites for hydroxylation is 1. The third-order valence-electron chi connectivity index (χ3n) is 2.73. The van der Waals surface area contributed by atoms with Crippen molar-refractivity contribution in [3.8, 4) is 6.07 Å². The zero-order valence-electron chi connectivity index (χ0n) is 10.9. The number of nitrogens with zero attached hydrogens (tertiary/aromatic N) is 5. The van der Waals surface area contributed by atoms with Crippen LogP contribution in [0, 0.1) is 21.4 Å². The van der Waals surface area contributed by atoms with E-state index in [2.05, 4.69) is 10.2 Å². The molecule has 102 valence electrons. The minimum absolute atomic E-state index is 0.102. The zero-order valence-corrected chi connectivity index (χ0v) is 11.7. The van der Waals surface area contributed by atoms with E-state index in [1.807, 2.05) is 20.0 Å². The van der Waals surface area contributed by atoms with Crippen LogP contribution in [0.25, 0.3) is 0 Å². The molecule has 0 saturated carbocycles. The van der Waals surface area contributed by atoms with Crippen molar-refractivity contribution in [1.29, 1.82) is 5.26 Å². The second kappa shape index (κ2) is 5.71. The van der Waals surface area contributed by atoms with E-state index in [0.717, 1.165) is 24.0 Å². The van der Waals surface area contributed by atoms with Gasteiger partial charge in [-0.2, -0.15) is 5.26 Å². The predicted octanol–water partition coefficient (Wildman–Crippen LogP) is 2.31. The van der Waals surface area contributed by atoms with Crippen LogP contribution in [0.3, 0.4) is 0 Å². The van der Waals surface area contributed by atoms with Crippen molar-refractivity contribution < 1.29 is 4.92 Å². The topological polar surface area (TPSA) is 97.6 Å². The maximum absolute atomic E-state index is 11.1. The van der Waals surface area contributed by atoms with E-state index in [1.165, 1.54) is 6.07 Å². The molecule has 0 bridgehead atoms. The fourth-order valence-corrected chi connectivity index (χ4v) is 2.55. The highest BCUT2D eigenvalue weighted by molar-refractivity contribution is 7.99. The van der Waals surface area contributed by atoms with Crippen LogP contribution in [0.2, 0.25) is 0 Å². The van der Waals surface area contributed by atoms with Crippen molar-refractivity contribution in [1.82, 2.24) is 14.8 Å². The summed E-state index contributed by atoms with van der Waals surface area (Å²) < 4.78 is 1.80. The molecule has 0 spiro atoms. The van der Waals surface area contributed by atoms with E-state index >= 15 is 0 Å². The highest BCUT2D eigenvalue weighted by Crippen LogP contribution is 2.34. The Bertz CT molecular complexity index is 704. The second-order valence-electron chi connectivity index (χ2n) is 3.96. The first-order valence-corrected chi connectivity index (χ1v) is 6.63. The van der Waals surface area contributed by atoms with Crippen LogP contribution in [0.15, 0.2) is 28.3 Å². The maximum Gasteiger partial charge on any atom is 0.284 e. The number of aromatic nitrogens is 3. The second-order valence-corrected chi connectivity index (χ2v) is 4.97. The molecule has 0 aliphatic heterocycles. The Hall–Kier alpha value is -2.40. The fourth-order valence-electron chi connectivity index (χ4n) is 1.66. The lowest BCUT2D eigenvalue weighted by Crippen LogP contribution is -1.98. The molecule has 0 aliphatic carbocycles. The number of hydrogen-bond acceptors (Lipinski definition) is 6. The van der Waals surface area contributed by atoms with Crippen LogP contribution >= 0.6 is 11.8 Å². The average Bonchev–Trinajstić information content (AvgIpc) is 2.79. The lowest BCUT2D eigenvalue weighted by atomic mass is 10.2. The smallest absolute Gasteiger partial charge is 0.284 e. The van der Waals surface area contributed by atoms with Crippen LogP contribution in [0.1, 0.15) is 18.3 Å². The van der Waals surface area contributed by atoms with Crippen LogP contribution < -0.4 is 0 Å². The first-order chi connectivity index (χ1) is 9.56. The molecule has 0 N–H and O–H groups in total. The molecular formula is C12H11N5O2S. The summed E-state index contributed by atoms with van der Waals surface area (Å²) in [6.45, 7) is 1.96. The van der Waals surface area contributed by atoms with E-state index in [4.69, 9.17) is 5.26 Å². The number of rotatable bonds is 4. The van der Waals surface area contributed by atoms with Gasteiger partial charge in [0.2, 0.25) is 0 Å². The molecular weight excluding hydrogens is 278 g/mol. The zero-order chi connectivity index (χ0) is 14.7. The summed E-state index contributed by atoms with van der Waals surface area (Å²) in [6, 6.07) is 6.26. The first kappa shape index (κ1) is 14.0. The Kier molecular flexibility index (Phi) is 4.00. The molecule has 0 aliphatic rings. The Balaban J connectivity index is 2.40. The van der Waals surface area contributed by atoms with E-state index in [-0.39, 0.29) is 11.3 Å². The van der Waals surface area contributed by atoms with Crippen LogP contribution in [0.4, 0.5) is 5.69 Å².